The Bertz CT molecular complexity index is 375. The zero-order valence-corrected chi connectivity index (χ0v) is 11.5. The molecule has 5 heteroatoms. The van der Waals surface area contributed by atoms with Gasteiger partial charge in [0.2, 0.25) is 5.88 Å². The topological polar surface area (TPSA) is 47.0 Å². The second-order valence-electron chi connectivity index (χ2n) is 4.69. The molecule has 0 bridgehead atoms. The van der Waals surface area contributed by atoms with Crippen molar-refractivity contribution in [3.05, 3.63) is 12.4 Å². The largest absolute Gasteiger partial charge is 0.478 e. The summed E-state index contributed by atoms with van der Waals surface area (Å²) >= 11 is 5.97. The molecule has 100 valence electrons. The lowest BCUT2D eigenvalue weighted by Crippen LogP contribution is -2.25. The van der Waals surface area contributed by atoms with Crippen LogP contribution in [0.25, 0.3) is 0 Å². The van der Waals surface area contributed by atoms with E-state index in [0.29, 0.717) is 30.3 Å². The fourth-order valence-electron chi connectivity index (χ4n) is 2.31. The van der Waals surface area contributed by atoms with Crippen LogP contribution in [0.4, 0.5) is 5.82 Å². The predicted octanol–water partition coefficient (Wildman–Crippen LogP) is 3.08. The number of hydrogen-bond acceptors (Lipinski definition) is 4. The van der Waals surface area contributed by atoms with Gasteiger partial charge in [-0.1, -0.05) is 13.3 Å². The molecule has 2 atom stereocenters. The van der Waals surface area contributed by atoms with Crippen LogP contribution in [-0.2, 0) is 0 Å². The van der Waals surface area contributed by atoms with Gasteiger partial charge >= 0.3 is 0 Å². The van der Waals surface area contributed by atoms with Crippen molar-refractivity contribution in [2.75, 3.05) is 17.8 Å². The van der Waals surface area contributed by atoms with Crippen molar-refractivity contribution in [2.24, 2.45) is 5.92 Å². The first kappa shape index (κ1) is 13.4. The van der Waals surface area contributed by atoms with Gasteiger partial charge in [0, 0.05) is 18.0 Å². The van der Waals surface area contributed by atoms with E-state index in [4.69, 9.17) is 16.3 Å². The Kier molecular flexibility index (Phi) is 5.05. The molecule has 0 aliphatic heterocycles. The molecule has 2 unspecified atom stereocenters. The number of ether oxygens (including phenoxy) is 1. The van der Waals surface area contributed by atoms with E-state index in [1.54, 1.807) is 0 Å². The lowest BCUT2D eigenvalue weighted by Gasteiger charge is -2.19. The summed E-state index contributed by atoms with van der Waals surface area (Å²) in [6.45, 7) is 2.76. The van der Waals surface area contributed by atoms with Crippen LogP contribution in [0.5, 0.6) is 5.88 Å². The Morgan fingerprint density at radius 3 is 3.11 bits per heavy atom. The van der Waals surface area contributed by atoms with Crippen LogP contribution in [0, 0.1) is 5.92 Å². The molecule has 1 N–H and O–H groups in total. The monoisotopic (exact) mass is 269 g/mol. The van der Waals surface area contributed by atoms with Gasteiger partial charge in [0.15, 0.2) is 0 Å². The molecule has 1 fully saturated rings. The van der Waals surface area contributed by atoms with E-state index in [9.17, 15) is 0 Å². The van der Waals surface area contributed by atoms with Crippen molar-refractivity contribution in [1.29, 1.82) is 0 Å². The first-order valence-corrected chi connectivity index (χ1v) is 7.14. The van der Waals surface area contributed by atoms with Crippen molar-refractivity contribution in [3.8, 4) is 5.88 Å². The second kappa shape index (κ2) is 6.78. The Hall–Kier alpha value is -1.03. The maximum absolute atomic E-state index is 5.97. The fourth-order valence-corrected chi connectivity index (χ4v) is 2.67. The predicted molar refractivity (Wildman–Crippen MR) is 73.3 cm³/mol. The first-order valence-electron chi connectivity index (χ1n) is 6.60. The number of rotatable bonds is 6. The summed E-state index contributed by atoms with van der Waals surface area (Å²) in [4.78, 5) is 8.33. The zero-order valence-electron chi connectivity index (χ0n) is 10.7. The molecule has 1 saturated carbocycles. The number of hydrogen-bond donors (Lipinski definition) is 1. The van der Waals surface area contributed by atoms with Gasteiger partial charge in [-0.05, 0) is 25.2 Å². The van der Waals surface area contributed by atoms with Gasteiger partial charge in [0.1, 0.15) is 12.1 Å². The first-order chi connectivity index (χ1) is 8.83. The van der Waals surface area contributed by atoms with Gasteiger partial charge in [0.25, 0.3) is 0 Å². The third kappa shape index (κ3) is 3.48. The van der Waals surface area contributed by atoms with Crippen LogP contribution in [0.1, 0.15) is 32.6 Å². The lowest BCUT2D eigenvalue weighted by atomic mass is 10.1. The van der Waals surface area contributed by atoms with Crippen LogP contribution >= 0.6 is 11.6 Å². The van der Waals surface area contributed by atoms with Gasteiger partial charge in [-0.25, -0.2) is 9.97 Å². The summed E-state index contributed by atoms with van der Waals surface area (Å²) in [5, 5.41) is 3.44. The van der Waals surface area contributed by atoms with Crippen LogP contribution in [0.2, 0.25) is 0 Å². The normalized spacial score (nSPS) is 23.0. The molecule has 1 aliphatic rings. The van der Waals surface area contributed by atoms with Crippen molar-refractivity contribution in [3.63, 3.8) is 0 Å². The average Bonchev–Trinajstić information content (AvgIpc) is 2.84. The molecule has 0 amide bonds. The summed E-state index contributed by atoms with van der Waals surface area (Å²) in [6.07, 6.45) is 6.11. The molecule has 2 rings (SSSR count). The Balaban J connectivity index is 1.96. The van der Waals surface area contributed by atoms with E-state index in [-0.39, 0.29) is 0 Å². The Labute approximate surface area is 113 Å². The highest BCUT2D eigenvalue weighted by molar-refractivity contribution is 6.18. The number of nitrogens with one attached hydrogen (secondary N) is 1. The summed E-state index contributed by atoms with van der Waals surface area (Å²) in [6, 6.07) is 2.29. The summed E-state index contributed by atoms with van der Waals surface area (Å²) in [5.41, 5.74) is 0. The quantitative estimate of drug-likeness (QED) is 0.806. The number of nitrogens with zero attached hydrogens (tertiary/aromatic N) is 2. The van der Waals surface area contributed by atoms with Crippen molar-refractivity contribution < 1.29 is 4.74 Å². The lowest BCUT2D eigenvalue weighted by molar-refractivity contribution is 0.305. The zero-order chi connectivity index (χ0) is 12.8. The maximum atomic E-state index is 5.97. The van der Waals surface area contributed by atoms with Crippen molar-refractivity contribution >= 4 is 17.4 Å². The van der Waals surface area contributed by atoms with E-state index >= 15 is 0 Å². The second-order valence-corrected chi connectivity index (χ2v) is 4.99. The fraction of sp³-hybridized carbons (Fsp3) is 0.692. The van der Waals surface area contributed by atoms with E-state index < -0.39 is 0 Å². The van der Waals surface area contributed by atoms with Gasteiger partial charge in [-0.15, -0.1) is 11.6 Å². The molecule has 1 aromatic rings. The highest BCUT2D eigenvalue weighted by atomic mass is 35.5. The maximum Gasteiger partial charge on any atom is 0.218 e. The molecule has 0 aromatic carbocycles. The molecule has 1 heterocycles. The minimum atomic E-state index is 0.427. The number of anilines is 1. The van der Waals surface area contributed by atoms with Gasteiger partial charge < -0.3 is 10.1 Å². The Morgan fingerprint density at radius 1 is 1.44 bits per heavy atom. The standard InChI is InChI=1S/C13H20ClN3O/c1-2-6-18-13-7-12(15-9-16-13)17-11-5-3-4-10(11)8-14/h7,9-11H,2-6,8H2,1H3,(H,15,16,17). The molecule has 1 aromatic heterocycles. The van der Waals surface area contributed by atoms with Crippen LogP contribution in [-0.4, -0.2) is 28.5 Å². The van der Waals surface area contributed by atoms with Gasteiger partial charge in [0.05, 0.1) is 6.61 Å². The number of alkyl halides is 1. The van der Waals surface area contributed by atoms with Crippen LogP contribution in [0.3, 0.4) is 0 Å². The number of aromatic nitrogens is 2. The highest BCUT2D eigenvalue weighted by Gasteiger charge is 2.26. The SMILES string of the molecule is CCCOc1cc(NC2CCCC2CCl)ncn1. The molecule has 4 nitrogen and oxygen atoms in total. The van der Waals surface area contributed by atoms with E-state index in [1.165, 1.54) is 19.2 Å². The molecule has 0 radical (unpaired) electrons. The van der Waals surface area contributed by atoms with E-state index in [1.807, 2.05) is 6.07 Å². The highest BCUT2D eigenvalue weighted by Crippen LogP contribution is 2.29. The van der Waals surface area contributed by atoms with Crippen LogP contribution < -0.4 is 10.1 Å². The Morgan fingerprint density at radius 2 is 2.33 bits per heavy atom. The molecule has 0 spiro atoms. The molecular formula is C13H20ClN3O. The third-order valence-electron chi connectivity index (χ3n) is 3.29. The van der Waals surface area contributed by atoms with E-state index in [0.717, 1.165) is 18.7 Å². The van der Waals surface area contributed by atoms with Gasteiger partial charge in [-0.3, -0.25) is 0 Å². The minimum Gasteiger partial charge on any atom is -0.478 e. The van der Waals surface area contributed by atoms with Crippen molar-refractivity contribution in [1.82, 2.24) is 9.97 Å². The summed E-state index contributed by atoms with van der Waals surface area (Å²) in [7, 11) is 0. The number of halogens is 1. The summed E-state index contributed by atoms with van der Waals surface area (Å²) in [5.74, 6) is 2.72. The third-order valence-corrected chi connectivity index (χ3v) is 3.68. The minimum absolute atomic E-state index is 0.427. The smallest absolute Gasteiger partial charge is 0.218 e. The van der Waals surface area contributed by atoms with Crippen LogP contribution in [0.15, 0.2) is 12.4 Å². The summed E-state index contributed by atoms with van der Waals surface area (Å²) < 4.78 is 5.50. The van der Waals surface area contributed by atoms with Crippen molar-refractivity contribution in [2.45, 2.75) is 38.6 Å². The molecule has 0 saturated heterocycles. The molecule has 1 aliphatic carbocycles. The molecular weight excluding hydrogens is 250 g/mol. The molecule has 18 heavy (non-hydrogen) atoms. The van der Waals surface area contributed by atoms with Gasteiger partial charge in [-0.2, -0.15) is 0 Å². The van der Waals surface area contributed by atoms with E-state index in [2.05, 4.69) is 22.2 Å². The average molecular weight is 270 g/mol.